The predicted molar refractivity (Wildman–Crippen MR) is 68.2 cm³/mol. The third-order valence-electron chi connectivity index (χ3n) is 2.45. The summed E-state index contributed by atoms with van der Waals surface area (Å²) >= 11 is 3.17. The average molecular weight is 298 g/mol. The molecule has 0 fully saturated rings. The lowest BCUT2D eigenvalue weighted by Crippen LogP contribution is -2.02. The van der Waals surface area contributed by atoms with Gasteiger partial charge in [-0.2, -0.15) is 5.10 Å². The van der Waals surface area contributed by atoms with E-state index < -0.39 is 0 Å². The maximum Gasteiger partial charge on any atom is 0.137 e. The first-order valence-electron chi connectivity index (χ1n) is 5.34. The number of rotatable bonds is 4. The fourth-order valence-electron chi connectivity index (χ4n) is 1.61. The van der Waals surface area contributed by atoms with Crippen LogP contribution in [0.1, 0.15) is 11.1 Å². The van der Waals surface area contributed by atoms with Crippen molar-refractivity contribution in [3.63, 3.8) is 0 Å². The number of halogens is 2. The van der Waals surface area contributed by atoms with Crippen molar-refractivity contribution in [1.29, 1.82) is 0 Å². The molecule has 90 valence electrons. The van der Waals surface area contributed by atoms with Crippen LogP contribution >= 0.6 is 15.9 Å². The lowest BCUT2D eigenvalue weighted by Gasteiger charge is -2.03. The molecule has 0 saturated carbocycles. The van der Waals surface area contributed by atoms with Gasteiger partial charge >= 0.3 is 0 Å². The summed E-state index contributed by atoms with van der Waals surface area (Å²) in [5, 5.41) is 4.23. The van der Waals surface area contributed by atoms with Gasteiger partial charge in [-0.15, -0.1) is 0 Å². The van der Waals surface area contributed by atoms with Crippen molar-refractivity contribution in [2.75, 3.05) is 6.54 Å². The zero-order chi connectivity index (χ0) is 12.3. The smallest absolute Gasteiger partial charge is 0.137 e. The number of hydrogen-bond acceptors (Lipinski definition) is 2. The molecule has 1 aromatic heterocycles. The molecule has 0 unspecified atom stereocenters. The van der Waals surface area contributed by atoms with Crippen LogP contribution < -0.4 is 5.73 Å². The molecule has 5 heteroatoms. The molecule has 0 atom stereocenters. The van der Waals surface area contributed by atoms with Gasteiger partial charge in [0.15, 0.2) is 0 Å². The van der Waals surface area contributed by atoms with Crippen molar-refractivity contribution in [2.45, 2.75) is 13.0 Å². The van der Waals surface area contributed by atoms with Crippen LogP contribution in [0, 0.1) is 5.82 Å². The molecule has 17 heavy (non-hydrogen) atoms. The standard InChI is InChI=1S/C12H13BrFN3/c13-11-5-9(1-2-12(11)14)7-17-8-10(3-4-15)6-16-17/h1-2,5-6,8H,3-4,7,15H2. The molecule has 0 bridgehead atoms. The third kappa shape index (κ3) is 3.14. The fourth-order valence-corrected chi connectivity index (χ4v) is 2.04. The van der Waals surface area contributed by atoms with Crippen molar-refractivity contribution in [3.8, 4) is 0 Å². The summed E-state index contributed by atoms with van der Waals surface area (Å²) in [6, 6.07) is 4.97. The summed E-state index contributed by atoms with van der Waals surface area (Å²) in [5.74, 6) is -0.252. The normalized spacial score (nSPS) is 10.8. The monoisotopic (exact) mass is 297 g/mol. The van der Waals surface area contributed by atoms with E-state index in [0.717, 1.165) is 17.5 Å². The highest BCUT2D eigenvalue weighted by Crippen LogP contribution is 2.17. The summed E-state index contributed by atoms with van der Waals surface area (Å²) in [4.78, 5) is 0. The molecule has 0 aliphatic heterocycles. The van der Waals surface area contributed by atoms with Crippen LogP contribution in [0.3, 0.4) is 0 Å². The van der Waals surface area contributed by atoms with Gasteiger partial charge in [-0.1, -0.05) is 6.07 Å². The second-order valence-corrected chi connectivity index (χ2v) is 4.69. The largest absolute Gasteiger partial charge is 0.330 e. The number of nitrogens with zero attached hydrogens (tertiary/aromatic N) is 2. The molecule has 2 aromatic rings. The van der Waals surface area contributed by atoms with Crippen LogP contribution in [0.4, 0.5) is 4.39 Å². The van der Waals surface area contributed by atoms with Crippen molar-refractivity contribution >= 4 is 15.9 Å². The quantitative estimate of drug-likeness (QED) is 0.941. The lowest BCUT2D eigenvalue weighted by atomic mass is 10.2. The van der Waals surface area contributed by atoms with E-state index in [1.54, 1.807) is 12.1 Å². The summed E-state index contributed by atoms with van der Waals surface area (Å²) in [7, 11) is 0. The Balaban J connectivity index is 2.11. The summed E-state index contributed by atoms with van der Waals surface area (Å²) < 4.78 is 15.4. The topological polar surface area (TPSA) is 43.8 Å². The molecule has 0 aliphatic rings. The minimum absolute atomic E-state index is 0.252. The lowest BCUT2D eigenvalue weighted by molar-refractivity contribution is 0.617. The molecule has 1 aromatic carbocycles. The van der Waals surface area contributed by atoms with Crippen molar-refractivity contribution < 1.29 is 4.39 Å². The van der Waals surface area contributed by atoms with Gasteiger partial charge in [0.1, 0.15) is 5.82 Å². The molecule has 2 rings (SSSR count). The molecule has 0 saturated heterocycles. The molecular weight excluding hydrogens is 285 g/mol. The van der Waals surface area contributed by atoms with Crippen molar-refractivity contribution in [3.05, 3.63) is 52.0 Å². The third-order valence-corrected chi connectivity index (χ3v) is 3.06. The van der Waals surface area contributed by atoms with Crippen LogP contribution in [0.2, 0.25) is 0 Å². The minimum Gasteiger partial charge on any atom is -0.330 e. The Bertz CT molecular complexity index is 510. The Morgan fingerprint density at radius 1 is 1.35 bits per heavy atom. The highest BCUT2D eigenvalue weighted by molar-refractivity contribution is 9.10. The van der Waals surface area contributed by atoms with Crippen LogP contribution in [-0.4, -0.2) is 16.3 Å². The van der Waals surface area contributed by atoms with E-state index in [1.165, 1.54) is 6.07 Å². The predicted octanol–water partition coefficient (Wildman–Crippen LogP) is 2.33. The Kier molecular flexibility index (Phi) is 3.91. The Labute approximate surface area is 108 Å². The SMILES string of the molecule is NCCc1cnn(Cc2ccc(F)c(Br)c2)c1. The number of nitrogens with two attached hydrogens (primary N) is 1. The van der Waals surface area contributed by atoms with E-state index in [0.29, 0.717) is 17.6 Å². The van der Waals surface area contributed by atoms with Crippen LogP contribution in [0.5, 0.6) is 0 Å². The zero-order valence-corrected chi connectivity index (χ0v) is 10.8. The first-order valence-corrected chi connectivity index (χ1v) is 6.13. The summed E-state index contributed by atoms with van der Waals surface area (Å²) in [6.45, 7) is 1.25. The van der Waals surface area contributed by atoms with Gasteiger partial charge in [0.25, 0.3) is 0 Å². The van der Waals surface area contributed by atoms with Gasteiger partial charge < -0.3 is 5.73 Å². The van der Waals surface area contributed by atoms with E-state index in [2.05, 4.69) is 21.0 Å². The first kappa shape index (κ1) is 12.3. The van der Waals surface area contributed by atoms with Crippen LogP contribution in [0.25, 0.3) is 0 Å². The number of hydrogen-bond donors (Lipinski definition) is 1. The Morgan fingerprint density at radius 3 is 2.88 bits per heavy atom. The molecule has 0 radical (unpaired) electrons. The average Bonchev–Trinajstić information content (AvgIpc) is 2.72. The van der Waals surface area contributed by atoms with Crippen molar-refractivity contribution in [1.82, 2.24) is 9.78 Å². The van der Waals surface area contributed by atoms with Crippen LogP contribution in [-0.2, 0) is 13.0 Å². The maximum atomic E-state index is 13.1. The van der Waals surface area contributed by atoms with Gasteiger partial charge in [-0.3, -0.25) is 4.68 Å². The summed E-state index contributed by atoms with van der Waals surface area (Å²) in [5.41, 5.74) is 7.59. The Morgan fingerprint density at radius 2 is 2.18 bits per heavy atom. The molecule has 3 nitrogen and oxygen atoms in total. The highest BCUT2D eigenvalue weighted by Gasteiger charge is 2.02. The van der Waals surface area contributed by atoms with Crippen molar-refractivity contribution in [2.24, 2.45) is 5.73 Å². The van der Waals surface area contributed by atoms with E-state index >= 15 is 0 Å². The van der Waals surface area contributed by atoms with Gasteiger partial charge in [-0.05, 0) is 52.2 Å². The maximum absolute atomic E-state index is 13.1. The molecule has 2 N–H and O–H groups in total. The van der Waals surface area contributed by atoms with Gasteiger partial charge in [0.2, 0.25) is 0 Å². The molecule has 0 aliphatic carbocycles. The fraction of sp³-hybridized carbons (Fsp3) is 0.250. The highest BCUT2D eigenvalue weighted by atomic mass is 79.9. The van der Waals surface area contributed by atoms with E-state index in [9.17, 15) is 4.39 Å². The first-order chi connectivity index (χ1) is 8.19. The second kappa shape index (κ2) is 5.42. The van der Waals surface area contributed by atoms with Gasteiger partial charge in [-0.25, -0.2) is 4.39 Å². The molecule has 0 amide bonds. The van der Waals surface area contributed by atoms with E-state index in [4.69, 9.17) is 5.73 Å². The number of benzene rings is 1. The van der Waals surface area contributed by atoms with Gasteiger partial charge in [0, 0.05) is 6.20 Å². The minimum atomic E-state index is -0.252. The van der Waals surface area contributed by atoms with E-state index in [-0.39, 0.29) is 5.82 Å². The molecular formula is C12H13BrFN3. The van der Waals surface area contributed by atoms with Gasteiger partial charge in [0.05, 0.1) is 17.2 Å². The molecule has 0 spiro atoms. The second-order valence-electron chi connectivity index (χ2n) is 3.83. The summed E-state index contributed by atoms with van der Waals surface area (Å²) in [6.07, 6.45) is 4.60. The Hall–Kier alpha value is -1.20. The molecule has 1 heterocycles. The zero-order valence-electron chi connectivity index (χ0n) is 9.24. The van der Waals surface area contributed by atoms with Crippen LogP contribution in [0.15, 0.2) is 35.1 Å². The van der Waals surface area contributed by atoms with E-state index in [1.807, 2.05) is 17.1 Å². The number of aromatic nitrogens is 2.